The molecule has 0 saturated carbocycles. The second kappa shape index (κ2) is 6.55. The Bertz CT molecular complexity index is 809. The van der Waals surface area contributed by atoms with Crippen molar-refractivity contribution in [1.82, 2.24) is 9.47 Å². The number of anilines is 1. The second-order valence-electron chi connectivity index (χ2n) is 5.84. The quantitative estimate of drug-likeness (QED) is 0.895. The number of hydrogen-bond acceptors (Lipinski definition) is 4. The van der Waals surface area contributed by atoms with Gasteiger partial charge in [0.15, 0.2) is 0 Å². The van der Waals surface area contributed by atoms with E-state index in [1.54, 1.807) is 19.1 Å². The summed E-state index contributed by atoms with van der Waals surface area (Å²) in [6.45, 7) is 5.10. The highest BCUT2D eigenvalue weighted by Crippen LogP contribution is 2.33. The van der Waals surface area contributed by atoms with E-state index in [2.05, 4.69) is 0 Å². The Morgan fingerprint density at radius 1 is 1.17 bits per heavy atom. The van der Waals surface area contributed by atoms with E-state index in [4.69, 9.17) is 17.3 Å². The summed E-state index contributed by atoms with van der Waals surface area (Å²) in [7, 11) is 0.256. The Morgan fingerprint density at radius 2 is 1.74 bits per heavy atom. The number of rotatable bonds is 5. The van der Waals surface area contributed by atoms with Crippen molar-refractivity contribution in [2.45, 2.75) is 30.2 Å². The number of likely N-dealkylation sites (N-methyl/N-ethyl adjacent to an activating group) is 1. The third kappa shape index (κ3) is 3.39. The van der Waals surface area contributed by atoms with Crippen LogP contribution in [-0.4, -0.2) is 38.5 Å². The Labute approximate surface area is 142 Å². The molecule has 0 aliphatic heterocycles. The average molecular weight is 356 g/mol. The lowest BCUT2D eigenvalue weighted by molar-refractivity contribution is 0.383. The standard InChI is InChI=1S/C16H22ClN3O2S/c1-11-12(2)20(10-9-19(3)4)16(18)15(11)23(21,22)14-7-5-13(17)6-8-14/h5-8H,9-10,18H2,1-4H3. The van der Waals surface area contributed by atoms with Gasteiger partial charge in [-0.15, -0.1) is 0 Å². The Hall–Kier alpha value is -1.50. The molecule has 0 saturated heterocycles. The van der Waals surface area contributed by atoms with Crippen molar-refractivity contribution in [3.8, 4) is 0 Å². The van der Waals surface area contributed by atoms with Gasteiger partial charge in [-0.25, -0.2) is 8.42 Å². The first-order valence-electron chi connectivity index (χ1n) is 7.26. The maximum absolute atomic E-state index is 12.9. The first-order valence-corrected chi connectivity index (χ1v) is 9.13. The van der Waals surface area contributed by atoms with E-state index in [1.807, 2.05) is 30.5 Å². The van der Waals surface area contributed by atoms with E-state index in [9.17, 15) is 8.42 Å². The lowest BCUT2D eigenvalue weighted by atomic mass is 10.3. The first-order chi connectivity index (χ1) is 10.7. The molecule has 2 aromatic rings. The Kier molecular flexibility index (Phi) is 5.08. The maximum atomic E-state index is 12.9. The first kappa shape index (κ1) is 17.8. The summed E-state index contributed by atoms with van der Waals surface area (Å²) in [5.74, 6) is 0.289. The topological polar surface area (TPSA) is 68.3 Å². The van der Waals surface area contributed by atoms with Crippen LogP contribution in [0.15, 0.2) is 34.1 Å². The van der Waals surface area contributed by atoms with Crippen molar-refractivity contribution >= 4 is 27.3 Å². The molecule has 0 aliphatic rings. The van der Waals surface area contributed by atoms with Crippen molar-refractivity contribution in [3.63, 3.8) is 0 Å². The van der Waals surface area contributed by atoms with Crippen molar-refractivity contribution in [2.24, 2.45) is 0 Å². The minimum atomic E-state index is -3.68. The zero-order valence-electron chi connectivity index (χ0n) is 13.8. The molecule has 0 amide bonds. The van der Waals surface area contributed by atoms with Crippen molar-refractivity contribution < 1.29 is 8.42 Å². The summed E-state index contributed by atoms with van der Waals surface area (Å²) < 4.78 is 27.7. The van der Waals surface area contributed by atoms with Gasteiger partial charge in [-0.1, -0.05) is 11.6 Å². The van der Waals surface area contributed by atoms with Crippen LogP contribution >= 0.6 is 11.6 Å². The lowest BCUT2D eigenvalue weighted by Crippen LogP contribution is -2.20. The summed E-state index contributed by atoms with van der Waals surface area (Å²) >= 11 is 5.84. The number of nitrogens with two attached hydrogens (primary N) is 1. The highest BCUT2D eigenvalue weighted by atomic mass is 35.5. The molecule has 7 heteroatoms. The van der Waals surface area contributed by atoms with Crippen LogP contribution in [0, 0.1) is 13.8 Å². The van der Waals surface area contributed by atoms with Gasteiger partial charge >= 0.3 is 0 Å². The van der Waals surface area contributed by atoms with E-state index in [0.717, 1.165) is 12.2 Å². The number of halogens is 1. The van der Waals surface area contributed by atoms with Gasteiger partial charge in [0.25, 0.3) is 0 Å². The second-order valence-corrected chi connectivity index (χ2v) is 8.16. The molecule has 2 N–H and O–H groups in total. The number of aromatic nitrogens is 1. The van der Waals surface area contributed by atoms with E-state index >= 15 is 0 Å². The van der Waals surface area contributed by atoms with Gasteiger partial charge in [-0.05, 0) is 57.8 Å². The zero-order valence-corrected chi connectivity index (χ0v) is 15.4. The smallest absolute Gasteiger partial charge is 0.210 e. The molecular formula is C16H22ClN3O2S. The van der Waals surface area contributed by atoms with Crippen molar-refractivity contribution in [1.29, 1.82) is 0 Å². The molecule has 0 fully saturated rings. The SMILES string of the molecule is Cc1c(S(=O)(=O)c2ccc(Cl)cc2)c(N)n(CCN(C)C)c1C. The number of hydrogen-bond donors (Lipinski definition) is 1. The fourth-order valence-electron chi connectivity index (χ4n) is 2.52. The van der Waals surface area contributed by atoms with E-state index in [1.165, 1.54) is 12.1 Å². The fraction of sp³-hybridized carbons (Fsp3) is 0.375. The van der Waals surface area contributed by atoms with Crippen molar-refractivity contribution in [2.75, 3.05) is 26.4 Å². The van der Waals surface area contributed by atoms with Gasteiger partial charge in [-0.2, -0.15) is 0 Å². The molecular weight excluding hydrogens is 334 g/mol. The normalized spacial score (nSPS) is 12.1. The predicted molar refractivity (Wildman–Crippen MR) is 93.8 cm³/mol. The average Bonchev–Trinajstić information content (AvgIpc) is 2.68. The van der Waals surface area contributed by atoms with Crippen LogP contribution in [0.5, 0.6) is 0 Å². The van der Waals surface area contributed by atoms with Crippen LogP contribution in [0.3, 0.4) is 0 Å². The van der Waals surface area contributed by atoms with Gasteiger partial charge in [0.2, 0.25) is 9.84 Å². The molecule has 1 heterocycles. The van der Waals surface area contributed by atoms with Gasteiger partial charge in [0.1, 0.15) is 10.7 Å². The fourth-order valence-corrected chi connectivity index (χ4v) is 4.31. The lowest BCUT2D eigenvalue weighted by Gasteiger charge is -2.13. The van der Waals surface area contributed by atoms with Gasteiger partial charge in [0, 0.05) is 23.8 Å². The van der Waals surface area contributed by atoms with E-state index < -0.39 is 9.84 Å². The molecule has 0 bridgehead atoms. The third-order valence-electron chi connectivity index (χ3n) is 3.98. The van der Waals surface area contributed by atoms with Crippen LogP contribution < -0.4 is 5.73 Å². The summed E-state index contributed by atoms with van der Waals surface area (Å²) in [5.41, 5.74) is 7.75. The minimum Gasteiger partial charge on any atom is -0.384 e. The van der Waals surface area contributed by atoms with E-state index in [0.29, 0.717) is 17.1 Å². The molecule has 0 radical (unpaired) electrons. The summed E-state index contributed by atoms with van der Waals surface area (Å²) in [6, 6.07) is 6.14. The van der Waals surface area contributed by atoms with Crippen LogP contribution in [0.25, 0.3) is 0 Å². The minimum absolute atomic E-state index is 0.191. The molecule has 0 spiro atoms. The van der Waals surface area contributed by atoms with Crippen molar-refractivity contribution in [3.05, 3.63) is 40.5 Å². The summed E-state index contributed by atoms with van der Waals surface area (Å²) in [6.07, 6.45) is 0. The molecule has 2 rings (SSSR count). The third-order valence-corrected chi connectivity index (χ3v) is 6.17. The number of benzene rings is 1. The molecule has 1 aromatic carbocycles. The number of nitrogen functional groups attached to an aromatic ring is 1. The van der Waals surface area contributed by atoms with Crippen LogP contribution in [0.2, 0.25) is 5.02 Å². The molecule has 0 atom stereocenters. The maximum Gasteiger partial charge on any atom is 0.210 e. The number of sulfone groups is 1. The summed E-state index contributed by atoms with van der Waals surface area (Å²) in [5, 5.41) is 0.494. The zero-order chi connectivity index (χ0) is 17.4. The molecule has 23 heavy (non-hydrogen) atoms. The van der Waals surface area contributed by atoms with Crippen LogP contribution in [-0.2, 0) is 16.4 Å². The highest BCUT2D eigenvalue weighted by Gasteiger charge is 2.28. The van der Waals surface area contributed by atoms with Gasteiger partial charge < -0.3 is 15.2 Å². The van der Waals surface area contributed by atoms with Crippen LogP contribution in [0.4, 0.5) is 5.82 Å². The Balaban J connectivity index is 2.55. The van der Waals surface area contributed by atoms with E-state index in [-0.39, 0.29) is 15.6 Å². The Morgan fingerprint density at radius 3 is 2.26 bits per heavy atom. The molecule has 126 valence electrons. The molecule has 1 aromatic heterocycles. The monoisotopic (exact) mass is 355 g/mol. The van der Waals surface area contributed by atoms with Crippen LogP contribution in [0.1, 0.15) is 11.3 Å². The van der Waals surface area contributed by atoms with Gasteiger partial charge in [0.05, 0.1) is 4.90 Å². The largest absolute Gasteiger partial charge is 0.384 e. The molecule has 0 unspecified atom stereocenters. The molecule has 0 aliphatic carbocycles. The summed E-state index contributed by atoms with van der Waals surface area (Å²) in [4.78, 5) is 2.42. The predicted octanol–water partition coefficient (Wildman–Crippen LogP) is 2.73. The van der Waals surface area contributed by atoms with Gasteiger partial charge in [-0.3, -0.25) is 0 Å². The number of nitrogens with zero attached hydrogens (tertiary/aromatic N) is 2. The molecule has 5 nitrogen and oxygen atoms in total. The highest BCUT2D eigenvalue weighted by molar-refractivity contribution is 7.91.